The molecule has 0 aliphatic heterocycles. The average Bonchev–Trinajstić information content (AvgIpc) is 2.81. The third-order valence-corrected chi connectivity index (χ3v) is 5.93. The van der Waals surface area contributed by atoms with Crippen LogP contribution in [0.3, 0.4) is 0 Å². The normalized spacial score (nSPS) is 11.3. The summed E-state index contributed by atoms with van der Waals surface area (Å²) in [6.45, 7) is 3.77. The van der Waals surface area contributed by atoms with Crippen LogP contribution in [0.5, 0.6) is 17.2 Å². The zero-order valence-corrected chi connectivity index (χ0v) is 21.4. The van der Waals surface area contributed by atoms with Crippen molar-refractivity contribution in [3.63, 3.8) is 0 Å². The second kappa shape index (κ2) is 11.7. The lowest BCUT2D eigenvalue weighted by Gasteiger charge is -2.26. The topological polar surface area (TPSA) is 131 Å². The van der Waals surface area contributed by atoms with Crippen LogP contribution in [0, 0.1) is 0 Å². The number of carbonyl (C=O) groups is 2. The largest absolute Gasteiger partial charge is 0.487 e. The number of aliphatic carboxylic acids is 1. The first kappa shape index (κ1) is 27.3. The highest BCUT2D eigenvalue weighted by Crippen LogP contribution is 2.36. The summed E-state index contributed by atoms with van der Waals surface area (Å²) in [6, 6.07) is 22.3. The fourth-order valence-corrected chi connectivity index (χ4v) is 4.17. The number of nitrogens with zero attached hydrogens (tertiary/aromatic N) is 1. The minimum atomic E-state index is -4.71. The summed E-state index contributed by atoms with van der Waals surface area (Å²) >= 11 is 0. The van der Waals surface area contributed by atoms with Crippen molar-refractivity contribution in [3.8, 4) is 17.2 Å². The quantitative estimate of drug-likeness (QED) is 0.387. The molecule has 196 valence electrons. The second-order valence-corrected chi connectivity index (χ2v) is 10.4. The minimum Gasteiger partial charge on any atom is -0.487 e. The molecule has 0 saturated carbocycles. The fourth-order valence-electron chi connectivity index (χ4n) is 3.12. The van der Waals surface area contributed by atoms with Crippen LogP contribution in [-0.4, -0.2) is 37.7 Å². The molecule has 3 aromatic carbocycles. The number of ether oxygens (including phenoxy) is 3. The zero-order valence-electron chi connectivity index (χ0n) is 20.6. The smallest absolute Gasteiger partial charge is 0.422 e. The van der Waals surface area contributed by atoms with Crippen molar-refractivity contribution in [3.05, 3.63) is 84.4 Å². The number of carboxylic acids is 1. The predicted molar refractivity (Wildman–Crippen MR) is 137 cm³/mol. The molecule has 37 heavy (non-hydrogen) atoms. The first-order valence-electron chi connectivity index (χ1n) is 11.2. The highest BCUT2D eigenvalue weighted by molar-refractivity contribution is 7.91. The molecule has 3 aromatic rings. The lowest BCUT2D eigenvalue weighted by Crippen LogP contribution is -2.47. The monoisotopic (exact) mass is 528 g/mol. The molecule has 11 heteroatoms. The van der Waals surface area contributed by atoms with E-state index in [0.717, 1.165) is 5.56 Å². The summed E-state index contributed by atoms with van der Waals surface area (Å²) in [5.41, 5.74) is -0.297. The number of nitrogens with one attached hydrogen (secondary N) is 1. The second-order valence-electron chi connectivity index (χ2n) is 8.83. The van der Waals surface area contributed by atoms with E-state index in [9.17, 15) is 23.1 Å². The van der Waals surface area contributed by atoms with Crippen molar-refractivity contribution in [1.29, 1.82) is 0 Å². The van der Waals surface area contributed by atoms with Crippen LogP contribution in [0.4, 0.5) is 10.5 Å². The van der Waals surface area contributed by atoms with Gasteiger partial charge in [-0.15, -0.1) is 0 Å². The Morgan fingerprint density at radius 3 is 2.14 bits per heavy atom. The van der Waals surface area contributed by atoms with Crippen LogP contribution < -0.4 is 18.5 Å². The fraction of sp³-hybridized carbons (Fsp3) is 0.231. The zero-order chi connectivity index (χ0) is 27.1. The van der Waals surface area contributed by atoms with E-state index < -0.39 is 34.4 Å². The Bertz CT molecular complexity index is 1320. The molecule has 3 rings (SSSR count). The maximum atomic E-state index is 13.1. The Labute approximate surface area is 215 Å². The minimum absolute atomic E-state index is 0.0214. The van der Waals surface area contributed by atoms with Crippen LogP contribution in [-0.2, 0) is 26.3 Å². The molecule has 0 aliphatic carbocycles. The van der Waals surface area contributed by atoms with Gasteiger partial charge in [0.25, 0.3) is 0 Å². The van der Waals surface area contributed by atoms with Crippen molar-refractivity contribution in [1.82, 2.24) is 4.72 Å². The molecule has 0 spiro atoms. The van der Waals surface area contributed by atoms with Gasteiger partial charge in [0.2, 0.25) is 0 Å². The van der Waals surface area contributed by atoms with Crippen LogP contribution in [0.2, 0.25) is 0 Å². The Hall–Kier alpha value is -4.25. The van der Waals surface area contributed by atoms with Gasteiger partial charge in [0.15, 0.2) is 0 Å². The number of amides is 1. The SMILES string of the molecule is CC(C)(C)OC(=O)NS(=O)(=O)N(CC(=O)O)c1ccc(Oc2ccccc2)cc1OCc1ccccc1. The summed E-state index contributed by atoms with van der Waals surface area (Å²) in [7, 11) is -4.71. The maximum Gasteiger partial charge on any atom is 0.422 e. The van der Waals surface area contributed by atoms with Gasteiger partial charge in [-0.2, -0.15) is 8.42 Å². The Balaban J connectivity index is 1.99. The molecule has 0 aliphatic rings. The van der Waals surface area contributed by atoms with Crippen molar-refractivity contribution in [2.24, 2.45) is 0 Å². The molecular weight excluding hydrogens is 500 g/mol. The molecule has 0 bridgehead atoms. The van der Waals surface area contributed by atoms with E-state index in [4.69, 9.17) is 14.2 Å². The Morgan fingerprint density at radius 1 is 0.919 bits per heavy atom. The molecule has 0 radical (unpaired) electrons. The van der Waals surface area contributed by atoms with E-state index in [2.05, 4.69) is 0 Å². The number of hydrogen-bond acceptors (Lipinski definition) is 7. The molecule has 0 heterocycles. The first-order chi connectivity index (χ1) is 17.4. The molecular formula is C26H28N2O8S. The summed E-state index contributed by atoms with van der Waals surface area (Å²) in [5.74, 6) is -0.571. The van der Waals surface area contributed by atoms with Gasteiger partial charge < -0.3 is 19.3 Å². The van der Waals surface area contributed by atoms with Gasteiger partial charge in [-0.05, 0) is 50.6 Å². The maximum absolute atomic E-state index is 13.1. The van der Waals surface area contributed by atoms with E-state index in [1.54, 1.807) is 49.8 Å². The van der Waals surface area contributed by atoms with Crippen LogP contribution in [0.1, 0.15) is 26.3 Å². The van der Waals surface area contributed by atoms with Gasteiger partial charge in [-0.3, -0.25) is 4.79 Å². The predicted octanol–water partition coefficient (Wildman–Crippen LogP) is 4.72. The Kier molecular flexibility index (Phi) is 8.61. The molecule has 0 fully saturated rings. The molecule has 0 atom stereocenters. The number of carboxylic acid groups (broad SMARTS) is 1. The summed E-state index contributed by atoms with van der Waals surface area (Å²) in [4.78, 5) is 23.8. The van der Waals surface area contributed by atoms with E-state index in [0.29, 0.717) is 15.8 Å². The number of hydrogen-bond donors (Lipinski definition) is 2. The summed E-state index contributed by atoms with van der Waals surface area (Å²) in [5, 5.41) is 9.46. The lowest BCUT2D eigenvalue weighted by molar-refractivity contribution is -0.135. The van der Waals surface area contributed by atoms with E-state index in [1.165, 1.54) is 18.2 Å². The number of benzene rings is 3. The lowest BCUT2D eigenvalue weighted by atomic mass is 10.2. The van der Waals surface area contributed by atoms with Gasteiger partial charge in [0.05, 0.1) is 5.69 Å². The Morgan fingerprint density at radius 2 is 1.54 bits per heavy atom. The van der Waals surface area contributed by atoms with Crippen LogP contribution >= 0.6 is 0 Å². The van der Waals surface area contributed by atoms with Gasteiger partial charge in [-0.1, -0.05) is 48.5 Å². The van der Waals surface area contributed by atoms with E-state index >= 15 is 0 Å². The van der Waals surface area contributed by atoms with Gasteiger partial charge in [0.1, 0.15) is 36.0 Å². The van der Waals surface area contributed by atoms with Crippen molar-refractivity contribution in [2.75, 3.05) is 10.8 Å². The summed E-state index contributed by atoms with van der Waals surface area (Å²) in [6.07, 6.45) is -1.25. The number of carbonyl (C=O) groups excluding carboxylic acids is 1. The number of rotatable bonds is 10. The molecule has 2 N–H and O–H groups in total. The van der Waals surface area contributed by atoms with Gasteiger partial charge in [-0.25, -0.2) is 13.8 Å². The molecule has 1 amide bonds. The van der Waals surface area contributed by atoms with Crippen molar-refractivity contribution >= 4 is 28.0 Å². The number of anilines is 1. The van der Waals surface area contributed by atoms with Gasteiger partial charge >= 0.3 is 22.3 Å². The highest BCUT2D eigenvalue weighted by Gasteiger charge is 2.31. The first-order valence-corrected chi connectivity index (χ1v) is 12.7. The standard InChI is InChI=1S/C26H28N2O8S/c1-26(2,3)36-25(31)27-37(32,33)28(17-24(29)30)22-15-14-21(35-20-12-8-5-9-13-20)16-23(22)34-18-19-10-6-4-7-11-19/h4-16H,17-18H2,1-3H3,(H,27,31)(H,29,30). The third-order valence-electron chi connectivity index (χ3n) is 4.60. The average molecular weight is 529 g/mol. The number of para-hydroxylation sites is 1. The summed E-state index contributed by atoms with van der Waals surface area (Å²) < 4.78 is 45.3. The van der Waals surface area contributed by atoms with E-state index in [-0.39, 0.29) is 18.0 Å². The molecule has 0 unspecified atom stereocenters. The molecule has 0 aromatic heterocycles. The van der Waals surface area contributed by atoms with Crippen LogP contribution in [0.15, 0.2) is 78.9 Å². The van der Waals surface area contributed by atoms with E-state index in [1.807, 2.05) is 36.4 Å². The van der Waals surface area contributed by atoms with Crippen LogP contribution in [0.25, 0.3) is 0 Å². The molecule has 0 saturated heterocycles. The van der Waals surface area contributed by atoms with Gasteiger partial charge in [0, 0.05) is 6.07 Å². The molecule has 10 nitrogen and oxygen atoms in total. The third kappa shape index (κ3) is 8.43. The highest BCUT2D eigenvalue weighted by atomic mass is 32.2. The van der Waals surface area contributed by atoms with Crippen molar-refractivity contribution in [2.45, 2.75) is 33.0 Å². The van der Waals surface area contributed by atoms with Crippen molar-refractivity contribution < 1.29 is 37.3 Å².